The minimum Gasteiger partial charge on any atom is -0.493 e. The molecular formula is C17H21N3O2. The van der Waals surface area contributed by atoms with Crippen molar-refractivity contribution in [3.63, 3.8) is 0 Å². The van der Waals surface area contributed by atoms with Crippen LogP contribution in [0.2, 0.25) is 0 Å². The van der Waals surface area contributed by atoms with E-state index in [2.05, 4.69) is 12.0 Å². The van der Waals surface area contributed by atoms with Crippen LogP contribution >= 0.6 is 0 Å². The number of likely N-dealkylation sites (tertiary alicyclic amines) is 1. The molecule has 1 fully saturated rings. The largest absolute Gasteiger partial charge is 0.493 e. The molecule has 0 saturated carbocycles. The normalized spacial score (nSPS) is 15.8. The monoisotopic (exact) mass is 299 g/mol. The summed E-state index contributed by atoms with van der Waals surface area (Å²) in [6.45, 7) is 3.81. The summed E-state index contributed by atoms with van der Waals surface area (Å²) in [6, 6.07) is 9.73. The summed E-state index contributed by atoms with van der Waals surface area (Å²) in [5.74, 6) is 1.17. The number of rotatable bonds is 3. The van der Waals surface area contributed by atoms with Gasteiger partial charge in [-0.2, -0.15) is 5.10 Å². The van der Waals surface area contributed by atoms with Crippen molar-refractivity contribution in [3.05, 3.63) is 42.2 Å². The second-order valence-electron chi connectivity index (χ2n) is 5.80. The molecule has 1 aliphatic heterocycles. The van der Waals surface area contributed by atoms with Crippen LogP contribution in [0.15, 0.2) is 36.5 Å². The van der Waals surface area contributed by atoms with Crippen LogP contribution in [0.4, 0.5) is 0 Å². The number of para-hydroxylation sites is 1. The fourth-order valence-electron chi connectivity index (χ4n) is 2.73. The molecule has 22 heavy (non-hydrogen) atoms. The minimum atomic E-state index is -0.0431. The molecule has 2 heterocycles. The number of aromatic nitrogens is 2. The maximum absolute atomic E-state index is 12.7. The number of benzene rings is 1. The molecule has 2 aromatic rings. The number of hydrogen-bond acceptors (Lipinski definition) is 3. The highest BCUT2D eigenvalue weighted by molar-refractivity contribution is 5.95. The smallest absolute Gasteiger partial charge is 0.278 e. The van der Waals surface area contributed by atoms with Gasteiger partial charge >= 0.3 is 0 Å². The van der Waals surface area contributed by atoms with Crippen LogP contribution in [0.1, 0.15) is 30.3 Å². The number of carbonyl (C=O) groups is 1. The maximum Gasteiger partial charge on any atom is 0.278 e. The lowest BCUT2D eigenvalue weighted by atomic mass is 9.99. The van der Waals surface area contributed by atoms with Crippen molar-refractivity contribution >= 4 is 5.91 Å². The van der Waals surface area contributed by atoms with Crippen molar-refractivity contribution in [2.24, 2.45) is 5.92 Å². The molecule has 0 unspecified atom stereocenters. The zero-order valence-corrected chi connectivity index (χ0v) is 13.0. The number of hydrogen-bond donors (Lipinski definition) is 0. The van der Waals surface area contributed by atoms with E-state index in [0.717, 1.165) is 31.6 Å². The van der Waals surface area contributed by atoms with E-state index in [-0.39, 0.29) is 5.91 Å². The predicted molar refractivity (Wildman–Crippen MR) is 84.4 cm³/mol. The molecule has 0 aliphatic carbocycles. The Labute approximate surface area is 130 Å². The van der Waals surface area contributed by atoms with E-state index in [9.17, 15) is 4.79 Å². The molecule has 0 spiro atoms. The van der Waals surface area contributed by atoms with Crippen LogP contribution < -0.4 is 4.74 Å². The third-order valence-corrected chi connectivity index (χ3v) is 4.19. The standard InChI is InChI=1S/C17H21N3O2/c1-13-8-10-19(11-9-13)17(21)16-15(22-2)12-20(18-16)14-6-4-3-5-7-14/h3-7,12-13H,8-11H2,1-2H3. The Morgan fingerprint density at radius 2 is 1.91 bits per heavy atom. The molecule has 0 bridgehead atoms. The fraction of sp³-hybridized carbons (Fsp3) is 0.412. The second kappa shape index (κ2) is 6.22. The molecule has 0 N–H and O–H groups in total. The van der Waals surface area contributed by atoms with Gasteiger partial charge in [-0.05, 0) is 30.9 Å². The van der Waals surface area contributed by atoms with E-state index in [4.69, 9.17) is 4.74 Å². The highest BCUT2D eigenvalue weighted by Gasteiger charge is 2.26. The van der Waals surface area contributed by atoms with Crippen molar-refractivity contribution in [2.45, 2.75) is 19.8 Å². The Morgan fingerprint density at radius 1 is 1.23 bits per heavy atom. The first-order valence-corrected chi connectivity index (χ1v) is 7.67. The van der Waals surface area contributed by atoms with Gasteiger partial charge in [-0.15, -0.1) is 0 Å². The number of methoxy groups -OCH3 is 1. The highest BCUT2D eigenvalue weighted by Crippen LogP contribution is 2.23. The maximum atomic E-state index is 12.7. The molecule has 1 aromatic carbocycles. The van der Waals surface area contributed by atoms with Crippen molar-refractivity contribution in [2.75, 3.05) is 20.2 Å². The first-order chi connectivity index (χ1) is 10.7. The summed E-state index contributed by atoms with van der Waals surface area (Å²) >= 11 is 0. The number of nitrogens with zero attached hydrogens (tertiary/aromatic N) is 3. The molecule has 5 nitrogen and oxygen atoms in total. The summed E-state index contributed by atoms with van der Waals surface area (Å²) in [7, 11) is 1.57. The first-order valence-electron chi connectivity index (χ1n) is 7.67. The van der Waals surface area contributed by atoms with Gasteiger partial charge in [-0.25, -0.2) is 4.68 Å². The van der Waals surface area contributed by atoms with Gasteiger partial charge in [0.2, 0.25) is 0 Å². The van der Waals surface area contributed by atoms with Crippen molar-refractivity contribution in [1.82, 2.24) is 14.7 Å². The van der Waals surface area contributed by atoms with Gasteiger partial charge in [-0.3, -0.25) is 4.79 Å². The topological polar surface area (TPSA) is 47.4 Å². The SMILES string of the molecule is COc1cn(-c2ccccc2)nc1C(=O)N1CCC(C)CC1. The van der Waals surface area contributed by atoms with E-state index < -0.39 is 0 Å². The molecule has 1 amide bonds. The first kappa shape index (κ1) is 14.6. The van der Waals surface area contributed by atoms with Gasteiger partial charge < -0.3 is 9.64 Å². The Kier molecular flexibility index (Phi) is 4.13. The van der Waals surface area contributed by atoms with Crippen molar-refractivity contribution < 1.29 is 9.53 Å². The highest BCUT2D eigenvalue weighted by atomic mass is 16.5. The van der Waals surface area contributed by atoms with Gasteiger partial charge in [-0.1, -0.05) is 25.1 Å². The van der Waals surface area contributed by atoms with Gasteiger partial charge in [0.1, 0.15) is 0 Å². The van der Waals surface area contributed by atoms with Gasteiger partial charge in [0.05, 0.1) is 19.0 Å². The van der Waals surface area contributed by atoms with Gasteiger partial charge in [0.15, 0.2) is 11.4 Å². The second-order valence-corrected chi connectivity index (χ2v) is 5.80. The third kappa shape index (κ3) is 2.84. The van der Waals surface area contributed by atoms with Gasteiger partial charge in [0, 0.05) is 13.1 Å². The van der Waals surface area contributed by atoms with E-state index in [1.807, 2.05) is 35.2 Å². The van der Waals surface area contributed by atoms with Crippen LogP contribution in [-0.2, 0) is 0 Å². The van der Waals surface area contributed by atoms with Crippen LogP contribution in [0, 0.1) is 5.92 Å². The van der Waals surface area contributed by atoms with E-state index in [1.165, 1.54) is 0 Å². The average molecular weight is 299 g/mol. The van der Waals surface area contributed by atoms with Crippen molar-refractivity contribution in [3.8, 4) is 11.4 Å². The Morgan fingerprint density at radius 3 is 2.55 bits per heavy atom. The minimum absolute atomic E-state index is 0.0431. The summed E-state index contributed by atoms with van der Waals surface area (Å²) < 4.78 is 7.04. The summed E-state index contributed by atoms with van der Waals surface area (Å²) in [5, 5.41) is 4.45. The average Bonchev–Trinajstić information content (AvgIpc) is 3.00. The Balaban J connectivity index is 1.87. The molecule has 1 saturated heterocycles. The molecule has 0 atom stereocenters. The van der Waals surface area contributed by atoms with Gasteiger partial charge in [0.25, 0.3) is 5.91 Å². The summed E-state index contributed by atoms with van der Waals surface area (Å²) in [4.78, 5) is 14.6. The summed E-state index contributed by atoms with van der Waals surface area (Å²) in [5.41, 5.74) is 1.30. The zero-order chi connectivity index (χ0) is 15.5. The Hall–Kier alpha value is -2.30. The zero-order valence-electron chi connectivity index (χ0n) is 13.0. The molecule has 116 valence electrons. The van der Waals surface area contributed by atoms with E-state index >= 15 is 0 Å². The van der Waals surface area contributed by atoms with Crippen LogP contribution in [0.5, 0.6) is 5.75 Å². The van der Waals surface area contributed by atoms with Crippen LogP contribution in [0.25, 0.3) is 5.69 Å². The third-order valence-electron chi connectivity index (χ3n) is 4.19. The Bertz CT molecular complexity index is 643. The number of amides is 1. The molecule has 3 rings (SSSR count). The van der Waals surface area contributed by atoms with Crippen LogP contribution in [-0.4, -0.2) is 40.8 Å². The number of piperidine rings is 1. The lowest BCUT2D eigenvalue weighted by Gasteiger charge is -2.29. The molecule has 1 aromatic heterocycles. The quantitative estimate of drug-likeness (QED) is 0.875. The molecule has 1 aliphatic rings. The lowest BCUT2D eigenvalue weighted by Crippen LogP contribution is -2.38. The molecule has 5 heteroatoms. The van der Waals surface area contributed by atoms with E-state index in [0.29, 0.717) is 17.4 Å². The molecule has 0 radical (unpaired) electrons. The number of ether oxygens (including phenoxy) is 1. The predicted octanol–water partition coefficient (Wildman–Crippen LogP) is 2.75. The van der Waals surface area contributed by atoms with E-state index in [1.54, 1.807) is 18.0 Å². The fourth-order valence-corrected chi connectivity index (χ4v) is 2.73. The van der Waals surface area contributed by atoms with Crippen LogP contribution in [0.3, 0.4) is 0 Å². The van der Waals surface area contributed by atoms with Crippen molar-refractivity contribution in [1.29, 1.82) is 0 Å². The summed E-state index contributed by atoms with van der Waals surface area (Å²) in [6.07, 6.45) is 3.86. The molecular weight excluding hydrogens is 278 g/mol. The lowest BCUT2D eigenvalue weighted by molar-refractivity contribution is 0.0687. The number of carbonyl (C=O) groups excluding carboxylic acids is 1.